The monoisotopic (exact) mass is 260 g/mol. The van der Waals surface area contributed by atoms with Crippen molar-refractivity contribution in [2.75, 3.05) is 20.3 Å². The van der Waals surface area contributed by atoms with Gasteiger partial charge in [0, 0.05) is 6.04 Å². The molecular weight excluding hydrogens is 240 g/mol. The Hall–Kier alpha value is -1.39. The predicted molar refractivity (Wildman–Crippen MR) is 72.8 cm³/mol. The molecule has 0 bridgehead atoms. The van der Waals surface area contributed by atoms with Crippen LogP contribution in [-0.2, 0) is 16.0 Å². The summed E-state index contributed by atoms with van der Waals surface area (Å²) >= 11 is 0. The molecule has 1 amide bonds. The topological polar surface area (TPSA) is 50.4 Å². The fourth-order valence-electron chi connectivity index (χ4n) is 3.08. The largest absolute Gasteiger partial charge is 0.379 e. The quantitative estimate of drug-likeness (QED) is 0.853. The van der Waals surface area contributed by atoms with Crippen LogP contribution < -0.4 is 10.6 Å². The second kappa shape index (κ2) is 5.31. The first-order chi connectivity index (χ1) is 9.29. The maximum Gasteiger partial charge on any atom is 0.227 e. The molecule has 1 aromatic rings. The van der Waals surface area contributed by atoms with Crippen molar-refractivity contribution < 1.29 is 9.53 Å². The molecule has 1 aliphatic heterocycles. The van der Waals surface area contributed by atoms with E-state index in [0.717, 1.165) is 12.8 Å². The van der Waals surface area contributed by atoms with Gasteiger partial charge >= 0.3 is 0 Å². The summed E-state index contributed by atoms with van der Waals surface area (Å²) in [5.74, 6) is 0.0383. The highest BCUT2D eigenvalue weighted by atomic mass is 16.5. The second-order valence-corrected chi connectivity index (χ2v) is 5.34. The highest BCUT2D eigenvalue weighted by molar-refractivity contribution is 5.80. The molecule has 0 aromatic heterocycles. The standard InChI is InChI=1S/C15H20N2O2/c1-16-14-9-19-8-12(14)15(18)17-13-7-6-10-4-2-3-5-11(10)13/h2-5,12-14,16H,6-9H2,1H3,(H,17,18). The number of amides is 1. The van der Waals surface area contributed by atoms with E-state index in [4.69, 9.17) is 4.74 Å². The van der Waals surface area contributed by atoms with Gasteiger partial charge in [0.05, 0.1) is 25.2 Å². The maximum absolute atomic E-state index is 12.3. The van der Waals surface area contributed by atoms with E-state index in [0.29, 0.717) is 13.2 Å². The van der Waals surface area contributed by atoms with Crippen molar-refractivity contribution in [2.45, 2.75) is 24.9 Å². The third-order valence-electron chi connectivity index (χ3n) is 4.24. The SMILES string of the molecule is CNC1COCC1C(=O)NC1CCc2ccccc21. The third kappa shape index (κ3) is 2.38. The molecule has 3 rings (SSSR count). The Morgan fingerprint density at radius 3 is 3.00 bits per heavy atom. The second-order valence-electron chi connectivity index (χ2n) is 5.34. The van der Waals surface area contributed by atoms with Gasteiger partial charge in [0.15, 0.2) is 0 Å². The van der Waals surface area contributed by atoms with Crippen LogP contribution in [0.1, 0.15) is 23.6 Å². The first-order valence-electron chi connectivity index (χ1n) is 6.93. The Morgan fingerprint density at radius 1 is 1.32 bits per heavy atom. The average molecular weight is 260 g/mol. The fraction of sp³-hybridized carbons (Fsp3) is 0.533. The van der Waals surface area contributed by atoms with Gasteiger partial charge in [0.1, 0.15) is 0 Å². The van der Waals surface area contributed by atoms with Gasteiger partial charge in [-0.25, -0.2) is 0 Å². The van der Waals surface area contributed by atoms with Crippen molar-refractivity contribution in [3.8, 4) is 0 Å². The number of rotatable bonds is 3. The van der Waals surface area contributed by atoms with E-state index in [-0.39, 0.29) is 23.9 Å². The van der Waals surface area contributed by atoms with Gasteiger partial charge in [-0.1, -0.05) is 24.3 Å². The van der Waals surface area contributed by atoms with Crippen molar-refractivity contribution in [1.29, 1.82) is 0 Å². The summed E-state index contributed by atoms with van der Waals surface area (Å²) < 4.78 is 5.39. The predicted octanol–water partition coefficient (Wildman–Crippen LogP) is 1.02. The van der Waals surface area contributed by atoms with Crippen LogP contribution in [0.2, 0.25) is 0 Å². The molecule has 102 valence electrons. The van der Waals surface area contributed by atoms with Crippen molar-refractivity contribution in [3.05, 3.63) is 35.4 Å². The zero-order valence-corrected chi connectivity index (χ0v) is 11.2. The van der Waals surface area contributed by atoms with Crippen LogP contribution in [0.15, 0.2) is 24.3 Å². The molecule has 4 heteroatoms. The summed E-state index contributed by atoms with van der Waals surface area (Å²) in [5, 5.41) is 6.34. The zero-order chi connectivity index (χ0) is 13.2. The van der Waals surface area contributed by atoms with Gasteiger partial charge in [0.2, 0.25) is 5.91 Å². The van der Waals surface area contributed by atoms with Crippen LogP contribution >= 0.6 is 0 Å². The molecule has 3 atom stereocenters. The molecule has 1 heterocycles. The molecule has 4 nitrogen and oxygen atoms in total. The van der Waals surface area contributed by atoms with E-state index in [1.54, 1.807) is 0 Å². The van der Waals surface area contributed by atoms with Gasteiger partial charge in [-0.05, 0) is 31.0 Å². The van der Waals surface area contributed by atoms with Gasteiger partial charge in [-0.3, -0.25) is 4.79 Å². The minimum absolute atomic E-state index is 0.0715. The first-order valence-corrected chi connectivity index (χ1v) is 6.93. The molecule has 2 N–H and O–H groups in total. The van der Waals surface area contributed by atoms with Crippen LogP contribution in [0.4, 0.5) is 0 Å². The van der Waals surface area contributed by atoms with Gasteiger partial charge < -0.3 is 15.4 Å². The fourth-order valence-corrected chi connectivity index (χ4v) is 3.08. The molecule has 1 aliphatic carbocycles. The molecular formula is C15H20N2O2. The lowest BCUT2D eigenvalue weighted by atomic mass is 10.0. The van der Waals surface area contributed by atoms with Crippen LogP contribution in [0.25, 0.3) is 0 Å². The molecule has 3 unspecified atom stereocenters. The van der Waals surface area contributed by atoms with E-state index in [1.165, 1.54) is 11.1 Å². The van der Waals surface area contributed by atoms with Crippen molar-refractivity contribution in [2.24, 2.45) is 5.92 Å². The number of carbonyl (C=O) groups is 1. The van der Waals surface area contributed by atoms with Crippen LogP contribution in [0.3, 0.4) is 0 Å². The Morgan fingerprint density at radius 2 is 2.16 bits per heavy atom. The third-order valence-corrected chi connectivity index (χ3v) is 4.24. The van der Waals surface area contributed by atoms with Crippen molar-refractivity contribution >= 4 is 5.91 Å². The summed E-state index contributed by atoms with van der Waals surface area (Å²) in [6, 6.07) is 8.67. The smallest absolute Gasteiger partial charge is 0.227 e. The molecule has 1 aromatic carbocycles. The number of carbonyl (C=O) groups excluding carboxylic acids is 1. The minimum Gasteiger partial charge on any atom is -0.379 e. The molecule has 0 saturated carbocycles. The average Bonchev–Trinajstić information content (AvgIpc) is 3.05. The number of aryl methyl sites for hydroxylation is 1. The number of ether oxygens (including phenoxy) is 1. The molecule has 1 fully saturated rings. The minimum atomic E-state index is -0.0715. The number of hydrogen-bond donors (Lipinski definition) is 2. The Labute approximate surface area is 113 Å². The van der Waals surface area contributed by atoms with Gasteiger partial charge in [-0.15, -0.1) is 0 Å². The summed E-state index contributed by atoms with van der Waals surface area (Å²) in [6.07, 6.45) is 2.06. The number of hydrogen-bond acceptors (Lipinski definition) is 3. The summed E-state index contributed by atoms with van der Waals surface area (Å²) in [4.78, 5) is 12.3. The summed E-state index contributed by atoms with van der Waals surface area (Å²) in [7, 11) is 1.88. The van der Waals surface area contributed by atoms with Gasteiger partial charge in [0.25, 0.3) is 0 Å². The van der Waals surface area contributed by atoms with E-state index in [1.807, 2.05) is 13.1 Å². The molecule has 0 radical (unpaired) electrons. The normalized spacial score (nSPS) is 29.2. The van der Waals surface area contributed by atoms with Crippen LogP contribution in [0, 0.1) is 5.92 Å². The molecule has 2 aliphatic rings. The number of likely N-dealkylation sites (N-methyl/N-ethyl adjacent to an activating group) is 1. The zero-order valence-electron chi connectivity index (χ0n) is 11.2. The molecule has 19 heavy (non-hydrogen) atoms. The highest BCUT2D eigenvalue weighted by Gasteiger charge is 2.35. The Kier molecular flexibility index (Phi) is 3.53. The Bertz CT molecular complexity index is 475. The van der Waals surface area contributed by atoms with E-state index in [9.17, 15) is 4.79 Å². The van der Waals surface area contributed by atoms with E-state index in [2.05, 4.69) is 28.8 Å². The lowest BCUT2D eigenvalue weighted by molar-refractivity contribution is -0.126. The van der Waals surface area contributed by atoms with E-state index >= 15 is 0 Å². The van der Waals surface area contributed by atoms with E-state index < -0.39 is 0 Å². The number of nitrogens with one attached hydrogen (secondary N) is 2. The van der Waals surface area contributed by atoms with Gasteiger partial charge in [-0.2, -0.15) is 0 Å². The van der Waals surface area contributed by atoms with Crippen molar-refractivity contribution in [1.82, 2.24) is 10.6 Å². The lowest BCUT2D eigenvalue weighted by Crippen LogP contribution is -2.43. The first kappa shape index (κ1) is 12.6. The number of fused-ring (bicyclic) bond motifs is 1. The summed E-state index contributed by atoms with van der Waals surface area (Å²) in [6.45, 7) is 1.14. The lowest BCUT2D eigenvalue weighted by Gasteiger charge is -2.20. The maximum atomic E-state index is 12.3. The van der Waals surface area contributed by atoms with Crippen LogP contribution in [-0.4, -0.2) is 32.2 Å². The molecule has 1 saturated heterocycles. The van der Waals surface area contributed by atoms with Crippen molar-refractivity contribution in [3.63, 3.8) is 0 Å². The summed E-state index contributed by atoms with van der Waals surface area (Å²) in [5.41, 5.74) is 2.64. The number of benzene rings is 1. The van der Waals surface area contributed by atoms with Crippen LogP contribution in [0.5, 0.6) is 0 Å². The molecule has 0 spiro atoms. The highest BCUT2D eigenvalue weighted by Crippen LogP contribution is 2.31. The Balaban J connectivity index is 1.68.